The number of nitrogens with one attached hydrogen (secondary N) is 2. The number of morpholine rings is 1. The van der Waals surface area contributed by atoms with E-state index in [1.165, 1.54) is 11.3 Å². The monoisotopic (exact) mass is 530 g/mol. The standard InChI is InChI=1S/C23H38N4O6S2/c1-22-5-4-18(29)23(2,14-28)17(22)13-16-20(25-21(34-16)26-35(3,31)32)15(22)12-19(30)24-6-7-27-8-10-33-11-9-27/h15,17-18,28-29H,4-14H2,1-3H3,(H,24,30)(H,25,26). The van der Waals surface area contributed by atoms with Crippen molar-refractivity contribution in [1.29, 1.82) is 0 Å². The van der Waals surface area contributed by atoms with Crippen molar-refractivity contribution in [1.82, 2.24) is 15.2 Å². The summed E-state index contributed by atoms with van der Waals surface area (Å²) in [5, 5.41) is 24.5. The van der Waals surface area contributed by atoms with Crippen LogP contribution in [0, 0.1) is 16.7 Å². The molecule has 5 unspecified atom stereocenters. The number of fused-ring (bicyclic) bond motifs is 2. The molecule has 2 aliphatic carbocycles. The Labute approximate surface area is 211 Å². The number of hydrogen-bond acceptors (Lipinski definition) is 9. The van der Waals surface area contributed by atoms with E-state index in [2.05, 4.69) is 26.8 Å². The van der Waals surface area contributed by atoms with Crippen molar-refractivity contribution < 1.29 is 28.2 Å². The molecule has 3 aliphatic rings. The fourth-order valence-electron chi connectivity index (χ4n) is 6.28. The lowest BCUT2D eigenvalue weighted by Crippen LogP contribution is -2.57. The second-order valence-corrected chi connectivity index (χ2v) is 13.6. The van der Waals surface area contributed by atoms with E-state index in [9.17, 15) is 23.4 Å². The van der Waals surface area contributed by atoms with E-state index in [4.69, 9.17) is 4.74 Å². The topological polar surface area (TPSA) is 141 Å². The van der Waals surface area contributed by atoms with E-state index in [1.807, 2.05) is 6.92 Å². The van der Waals surface area contributed by atoms with Gasteiger partial charge in [0.25, 0.3) is 0 Å². The Morgan fingerprint density at radius 3 is 2.69 bits per heavy atom. The fourth-order valence-corrected chi connectivity index (χ4v) is 8.19. The van der Waals surface area contributed by atoms with Crippen LogP contribution >= 0.6 is 11.3 Å². The van der Waals surface area contributed by atoms with Gasteiger partial charge in [0.1, 0.15) is 0 Å². The van der Waals surface area contributed by atoms with Crippen molar-refractivity contribution >= 4 is 32.4 Å². The van der Waals surface area contributed by atoms with E-state index in [1.54, 1.807) is 0 Å². The minimum absolute atomic E-state index is 0.0708. The molecule has 198 valence electrons. The van der Waals surface area contributed by atoms with Gasteiger partial charge in [0, 0.05) is 48.8 Å². The third kappa shape index (κ3) is 5.52. The van der Waals surface area contributed by atoms with Crippen LogP contribution in [0.3, 0.4) is 0 Å². The summed E-state index contributed by atoms with van der Waals surface area (Å²) in [6.45, 7) is 8.34. The van der Waals surface area contributed by atoms with Gasteiger partial charge in [-0.1, -0.05) is 13.8 Å². The fraction of sp³-hybridized carbons (Fsp3) is 0.826. The van der Waals surface area contributed by atoms with E-state index >= 15 is 0 Å². The lowest BCUT2D eigenvalue weighted by molar-refractivity contribution is -0.144. The van der Waals surface area contributed by atoms with Crippen LogP contribution in [-0.4, -0.2) is 92.8 Å². The summed E-state index contributed by atoms with van der Waals surface area (Å²) in [6.07, 6.45) is 2.49. The highest BCUT2D eigenvalue weighted by Gasteiger charge is 2.59. The first-order valence-corrected chi connectivity index (χ1v) is 15.0. The molecule has 1 aromatic rings. The molecule has 0 bridgehead atoms. The smallest absolute Gasteiger partial charge is 0.231 e. The number of amides is 1. The number of aliphatic hydroxyl groups excluding tert-OH is 2. The molecule has 1 saturated carbocycles. The Morgan fingerprint density at radius 2 is 2.03 bits per heavy atom. The number of aromatic nitrogens is 1. The molecule has 5 atom stereocenters. The van der Waals surface area contributed by atoms with E-state index < -0.39 is 21.5 Å². The number of anilines is 1. The first-order chi connectivity index (χ1) is 16.5. The van der Waals surface area contributed by atoms with Crippen LogP contribution in [0.2, 0.25) is 0 Å². The van der Waals surface area contributed by atoms with Gasteiger partial charge in [-0.3, -0.25) is 14.4 Å². The maximum Gasteiger partial charge on any atom is 0.231 e. The maximum atomic E-state index is 13.1. The predicted molar refractivity (Wildman–Crippen MR) is 134 cm³/mol. The van der Waals surface area contributed by atoms with Gasteiger partial charge < -0.3 is 20.3 Å². The second kappa shape index (κ2) is 10.2. The highest BCUT2D eigenvalue weighted by atomic mass is 32.2. The lowest BCUT2D eigenvalue weighted by Gasteiger charge is -2.58. The highest BCUT2D eigenvalue weighted by Crippen LogP contribution is 2.62. The van der Waals surface area contributed by atoms with Gasteiger partial charge >= 0.3 is 0 Å². The maximum absolute atomic E-state index is 13.1. The SMILES string of the molecule is CC1(CO)C(O)CCC2(C)C(CC(=O)NCCN3CCOCC3)c3nc(NS(C)(=O)=O)sc3CC12. The molecule has 1 aliphatic heterocycles. The molecule has 0 spiro atoms. The molecule has 2 fully saturated rings. The van der Waals surface area contributed by atoms with Crippen LogP contribution in [0.1, 0.15) is 49.6 Å². The molecule has 1 amide bonds. The summed E-state index contributed by atoms with van der Waals surface area (Å²) in [5.41, 5.74) is -0.328. The van der Waals surface area contributed by atoms with Crippen molar-refractivity contribution in [3.63, 3.8) is 0 Å². The van der Waals surface area contributed by atoms with Crippen LogP contribution in [0.25, 0.3) is 0 Å². The Hall–Kier alpha value is -1.31. The normalized spacial score (nSPS) is 33.6. The van der Waals surface area contributed by atoms with Crippen LogP contribution in [0.5, 0.6) is 0 Å². The van der Waals surface area contributed by atoms with Crippen LogP contribution in [0.15, 0.2) is 0 Å². The van der Waals surface area contributed by atoms with Gasteiger partial charge in [-0.25, -0.2) is 13.4 Å². The van der Waals surface area contributed by atoms with Crippen LogP contribution in [0.4, 0.5) is 5.13 Å². The van der Waals surface area contributed by atoms with Crippen molar-refractivity contribution in [2.45, 2.75) is 51.6 Å². The first kappa shape index (κ1) is 26.7. The lowest BCUT2D eigenvalue weighted by atomic mass is 9.47. The van der Waals surface area contributed by atoms with Crippen LogP contribution in [-0.2, 0) is 26.0 Å². The molecule has 1 saturated heterocycles. The van der Waals surface area contributed by atoms with Gasteiger partial charge in [0.15, 0.2) is 5.13 Å². The molecule has 4 rings (SSSR count). The van der Waals surface area contributed by atoms with Gasteiger partial charge in [0.05, 0.1) is 37.9 Å². The average molecular weight is 531 g/mol. The number of sulfonamides is 1. The molecule has 0 aromatic carbocycles. The molecule has 2 heterocycles. The summed E-state index contributed by atoms with van der Waals surface area (Å²) in [7, 11) is -3.49. The summed E-state index contributed by atoms with van der Waals surface area (Å²) < 4.78 is 31.5. The van der Waals surface area contributed by atoms with Gasteiger partial charge in [-0.2, -0.15) is 0 Å². The quantitative estimate of drug-likeness (QED) is 0.386. The summed E-state index contributed by atoms with van der Waals surface area (Å²) in [4.78, 5) is 21.0. The zero-order chi connectivity index (χ0) is 25.4. The van der Waals surface area contributed by atoms with Crippen molar-refractivity contribution in [2.24, 2.45) is 16.7 Å². The van der Waals surface area contributed by atoms with E-state index in [0.29, 0.717) is 44.2 Å². The molecule has 35 heavy (non-hydrogen) atoms. The third-order valence-corrected chi connectivity index (χ3v) is 10.1. The van der Waals surface area contributed by atoms with Crippen molar-refractivity contribution in [3.05, 3.63) is 10.6 Å². The Bertz CT molecular complexity index is 1030. The largest absolute Gasteiger partial charge is 0.396 e. The third-order valence-electron chi connectivity index (χ3n) is 8.41. The number of hydrogen-bond donors (Lipinski definition) is 4. The van der Waals surface area contributed by atoms with Gasteiger partial charge in [-0.15, -0.1) is 11.3 Å². The summed E-state index contributed by atoms with van der Waals surface area (Å²) >= 11 is 1.28. The number of thiazole rings is 1. The summed E-state index contributed by atoms with van der Waals surface area (Å²) in [6, 6.07) is 0. The number of carbonyl (C=O) groups is 1. The number of carbonyl (C=O) groups excluding carboxylic acids is 1. The Kier molecular flexibility index (Phi) is 7.81. The number of nitrogens with zero attached hydrogens (tertiary/aromatic N) is 2. The molecule has 10 nitrogen and oxygen atoms in total. The molecule has 4 N–H and O–H groups in total. The first-order valence-electron chi connectivity index (χ1n) is 12.3. The number of ether oxygens (including phenoxy) is 1. The van der Waals surface area contributed by atoms with Crippen molar-refractivity contribution in [3.8, 4) is 0 Å². The molecular formula is C23H38N4O6S2. The Balaban J connectivity index is 1.58. The van der Waals surface area contributed by atoms with Gasteiger partial charge in [0.2, 0.25) is 15.9 Å². The molecular weight excluding hydrogens is 492 g/mol. The van der Waals surface area contributed by atoms with Gasteiger partial charge in [-0.05, 0) is 30.6 Å². The summed E-state index contributed by atoms with van der Waals surface area (Å²) in [5.74, 6) is -0.392. The minimum atomic E-state index is -3.49. The van der Waals surface area contributed by atoms with E-state index in [-0.39, 0.29) is 36.2 Å². The highest BCUT2D eigenvalue weighted by molar-refractivity contribution is 7.92. The van der Waals surface area contributed by atoms with Crippen LogP contribution < -0.4 is 10.0 Å². The average Bonchev–Trinajstić information content (AvgIpc) is 3.19. The molecule has 12 heteroatoms. The minimum Gasteiger partial charge on any atom is -0.396 e. The molecule has 0 radical (unpaired) electrons. The zero-order valence-electron chi connectivity index (χ0n) is 20.7. The Morgan fingerprint density at radius 1 is 1.31 bits per heavy atom. The van der Waals surface area contributed by atoms with E-state index in [0.717, 1.165) is 36.5 Å². The predicted octanol–water partition coefficient (Wildman–Crippen LogP) is 0.769. The van der Waals surface area contributed by atoms with Crippen molar-refractivity contribution in [2.75, 3.05) is 57.0 Å². The molecule has 1 aromatic heterocycles. The second-order valence-electron chi connectivity index (χ2n) is 10.7. The number of rotatable bonds is 8. The zero-order valence-corrected chi connectivity index (χ0v) is 22.4. The number of aliphatic hydroxyl groups is 2.